The van der Waals surface area contributed by atoms with Gasteiger partial charge in [0.1, 0.15) is 5.38 Å². The van der Waals surface area contributed by atoms with Crippen molar-refractivity contribution in [1.82, 2.24) is 20.1 Å². The third-order valence-corrected chi connectivity index (χ3v) is 6.66. The molecule has 1 amide bonds. The Hall–Kier alpha value is -3.69. The lowest BCUT2D eigenvalue weighted by atomic mass is 10.0. The Morgan fingerprint density at radius 3 is 2.19 bits per heavy atom. The molecule has 1 heterocycles. The molecular weight excluding hydrogens is 498 g/mol. The summed E-state index contributed by atoms with van der Waals surface area (Å²) in [6.45, 7) is 1.61. The minimum atomic E-state index is -0.731. The highest BCUT2D eigenvalue weighted by molar-refractivity contribution is 7.98. The summed E-state index contributed by atoms with van der Waals surface area (Å²) >= 11 is 7.56. The molecule has 1 aromatic heterocycles. The first kappa shape index (κ1) is 25.4. The molecule has 2 unspecified atom stereocenters. The molecule has 0 saturated carbocycles. The Labute approximate surface area is 217 Å². The van der Waals surface area contributed by atoms with Crippen LogP contribution in [-0.4, -0.2) is 31.0 Å². The lowest BCUT2D eigenvalue weighted by molar-refractivity contribution is -0.384. The van der Waals surface area contributed by atoms with Gasteiger partial charge in [0.25, 0.3) is 5.69 Å². The monoisotopic (exact) mass is 521 g/mol. The SMILES string of the molecule is CC(Cl)C(=O)NC(Cc1ccccc1)c1nnc(SCc2ccccc2)n1-c1ccc([N+](=O)[O-])cc1. The lowest BCUT2D eigenvalue weighted by Gasteiger charge is -2.21. The number of non-ortho nitro benzene ring substituents is 1. The van der Waals surface area contributed by atoms with E-state index in [0.29, 0.717) is 28.8 Å². The van der Waals surface area contributed by atoms with Crippen molar-refractivity contribution in [3.8, 4) is 5.69 Å². The first-order chi connectivity index (χ1) is 17.4. The molecule has 0 aliphatic heterocycles. The third kappa shape index (κ3) is 6.30. The van der Waals surface area contributed by atoms with Crippen molar-refractivity contribution < 1.29 is 9.72 Å². The fourth-order valence-corrected chi connectivity index (χ4v) is 4.61. The summed E-state index contributed by atoms with van der Waals surface area (Å²) in [5.41, 5.74) is 2.76. The highest BCUT2D eigenvalue weighted by Crippen LogP contribution is 2.30. The van der Waals surface area contributed by atoms with Gasteiger partial charge in [0.05, 0.1) is 11.0 Å². The van der Waals surface area contributed by atoms with Crippen LogP contribution in [0.25, 0.3) is 5.69 Å². The molecule has 36 heavy (non-hydrogen) atoms. The number of carbonyl (C=O) groups is 1. The molecular formula is C26H24ClN5O3S. The normalized spacial score (nSPS) is 12.6. The van der Waals surface area contributed by atoms with Gasteiger partial charge in [-0.05, 0) is 36.6 Å². The number of alkyl halides is 1. The molecule has 2 atom stereocenters. The number of thioether (sulfide) groups is 1. The van der Waals surface area contributed by atoms with Gasteiger partial charge in [-0.15, -0.1) is 21.8 Å². The number of rotatable bonds is 10. The van der Waals surface area contributed by atoms with Crippen molar-refractivity contribution in [1.29, 1.82) is 0 Å². The van der Waals surface area contributed by atoms with E-state index in [1.807, 2.05) is 65.2 Å². The average Bonchev–Trinajstić information content (AvgIpc) is 3.32. The Kier molecular flexibility index (Phi) is 8.35. The minimum Gasteiger partial charge on any atom is -0.344 e. The number of hydrogen-bond donors (Lipinski definition) is 1. The molecule has 0 spiro atoms. The van der Waals surface area contributed by atoms with Crippen LogP contribution in [0.4, 0.5) is 5.69 Å². The molecule has 1 N–H and O–H groups in total. The molecule has 8 nitrogen and oxygen atoms in total. The van der Waals surface area contributed by atoms with Gasteiger partial charge in [-0.25, -0.2) is 0 Å². The van der Waals surface area contributed by atoms with Gasteiger partial charge < -0.3 is 5.32 Å². The van der Waals surface area contributed by atoms with Crippen LogP contribution in [0.1, 0.15) is 29.9 Å². The maximum Gasteiger partial charge on any atom is 0.269 e. The molecule has 3 aromatic carbocycles. The van der Waals surface area contributed by atoms with Gasteiger partial charge in [-0.1, -0.05) is 72.4 Å². The fraction of sp³-hybridized carbons (Fsp3) is 0.192. The predicted octanol–water partition coefficient (Wildman–Crippen LogP) is 5.50. The second-order valence-electron chi connectivity index (χ2n) is 8.09. The van der Waals surface area contributed by atoms with Gasteiger partial charge in [-0.3, -0.25) is 19.5 Å². The molecule has 0 fully saturated rings. The Morgan fingerprint density at radius 2 is 1.61 bits per heavy atom. The topological polar surface area (TPSA) is 103 Å². The minimum absolute atomic E-state index is 0.0167. The highest BCUT2D eigenvalue weighted by atomic mass is 35.5. The molecule has 0 radical (unpaired) electrons. The van der Waals surface area contributed by atoms with E-state index in [-0.39, 0.29) is 11.6 Å². The van der Waals surface area contributed by atoms with E-state index in [2.05, 4.69) is 15.5 Å². The van der Waals surface area contributed by atoms with Crippen molar-refractivity contribution in [3.05, 3.63) is 112 Å². The number of nitrogens with zero attached hydrogens (tertiary/aromatic N) is 4. The largest absolute Gasteiger partial charge is 0.344 e. The van der Waals surface area contributed by atoms with E-state index < -0.39 is 16.3 Å². The zero-order chi connectivity index (χ0) is 25.5. The average molecular weight is 522 g/mol. The number of halogens is 1. The van der Waals surface area contributed by atoms with E-state index in [1.54, 1.807) is 19.1 Å². The Balaban J connectivity index is 1.75. The summed E-state index contributed by atoms with van der Waals surface area (Å²) in [7, 11) is 0. The van der Waals surface area contributed by atoms with Crippen molar-refractivity contribution >= 4 is 35.0 Å². The van der Waals surface area contributed by atoms with Crippen LogP contribution in [0.15, 0.2) is 90.1 Å². The highest BCUT2D eigenvalue weighted by Gasteiger charge is 2.26. The molecule has 0 saturated heterocycles. The summed E-state index contributed by atoms with van der Waals surface area (Å²) < 4.78 is 1.84. The number of nitro benzene ring substituents is 1. The second-order valence-corrected chi connectivity index (χ2v) is 9.69. The van der Waals surface area contributed by atoms with Crippen LogP contribution in [0.3, 0.4) is 0 Å². The zero-order valence-corrected chi connectivity index (χ0v) is 21.0. The molecule has 4 rings (SSSR count). The van der Waals surface area contributed by atoms with Crippen LogP contribution in [0, 0.1) is 10.1 Å². The van der Waals surface area contributed by atoms with E-state index >= 15 is 0 Å². The number of nitrogens with one attached hydrogen (secondary N) is 1. The summed E-state index contributed by atoms with van der Waals surface area (Å²) in [5.74, 6) is 0.837. The zero-order valence-electron chi connectivity index (χ0n) is 19.5. The van der Waals surface area contributed by atoms with Crippen molar-refractivity contribution in [2.45, 2.75) is 35.7 Å². The summed E-state index contributed by atoms with van der Waals surface area (Å²) in [6, 6.07) is 25.4. The second kappa shape index (κ2) is 11.8. The van der Waals surface area contributed by atoms with Crippen molar-refractivity contribution in [2.75, 3.05) is 0 Å². The lowest BCUT2D eigenvalue weighted by Crippen LogP contribution is -2.35. The van der Waals surface area contributed by atoms with Crippen LogP contribution in [0.5, 0.6) is 0 Å². The van der Waals surface area contributed by atoms with Gasteiger partial charge in [0.15, 0.2) is 11.0 Å². The molecule has 4 aromatic rings. The molecule has 0 aliphatic rings. The Morgan fingerprint density at radius 1 is 1.00 bits per heavy atom. The van der Waals surface area contributed by atoms with Gasteiger partial charge >= 0.3 is 0 Å². The summed E-state index contributed by atoms with van der Waals surface area (Å²) in [6.07, 6.45) is 0.463. The molecule has 0 aliphatic carbocycles. The summed E-state index contributed by atoms with van der Waals surface area (Å²) in [4.78, 5) is 23.4. The van der Waals surface area contributed by atoms with Crippen molar-refractivity contribution in [2.24, 2.45) is 0 Å². The van der Waals surface area contributed by atoms with Gasteiger partial charge in [-0.2, -0.15) is 0 Å². The number of nitro groups is 1. The fourth-order valence-electron chi connectivity index (χ4n) is 3.63. The number of aromatic nitrogens is 3. The van der Waals surface area contributed by atoms with E-state index in [0.717, 1.165) is 11.1 Å². The summed E-state index contributed by atoms with van der Waals surface area (Å²) in [5, 5.41) is 23.0. The van der Waals surface area contributed by atoms with Crippen molar-refractivity contribution in [3.63, 3.8) is 0 Å². The van der Waals surface area contributed by atoms with Crippen LogP contribution in [-0.2, 0) is 17.0 Å². The molecule has 10 heteroatoms. The van der Waals surface area contributed by atoms with Crippen LogP contribution >= 0.6 is 23.4 Å². The number of benzene rings is 3. The number of amides is 1. The Bertz CT molecular complexity index is 1310. The maximum atomic E-state index is 12.6. The van der Waals surface area contributed by atoms with E-state index in [9.17, 15) is 14.9 Å². The smallest absolute Gasteiger partial charge is 0.269 e. The van der Waals surface area contributed by atoms with E-state index in [1.165, 1.54) is 23.9 Å². The first-order valence-corrected chi connectivity index (χ1v) is 12.7. The first-order valence-electron chi connectivity index (χ1n) is 11.3. The maximum absolute atomic E-state index is 12.6. The van der Waals surface area contributed by atoms with Gasteiger partial charge in [0, 0.05) is 23.6 Å². The number of carbonyl (C=O) groups excluding carboxylic acids is 1. The molecule has 184 valence electrons. The third-order valence-electron chi connectivity index (χ3n) is 5.46. The van der Waals surface area contributed by atoms with Crippen LogP contribution in [0.2, 0.25) is 0 Å². The molecule has 0 bridgehead atoms. The van der Waals surface area contributed by atoms with Crippen LogP contribution < -0.4 is 5.32 Å². The van der Waals surface area contributed by atoms with Gasteiger partial charge in [0.2, 0.25) is 5.91 Å². The van der Waals surface area contributed by atoms with E-state index in [4.69, 9.17) is 11.6 Å². The number of hydrogen-bond acceptors (Lipinski definition) is 6. The quantitative estimate of drug-likeness (QED) is 0.128. The standard InChI is InChI=1S/C26H24ClN5O3S/c1-18(27)25(33)28-23(16-19-8-4-2-5-9-19)24-29-30-26(36-17-20-10-6-3-7-11-20)31(24)21-12-14-22(15-13-21)32(34)35/h2-15,18,23H,16-17H2,1H3,(H,28,33). The predicted molar refractivity (Wildman–Crippen MR) is 140 cm³/mol.